The van der Waals surface area contributed by atoms with Crippen LogP contribution >= 0.6 is 0 Å². The molecule has 1 saturated heterocycles. The van der Waals surface area contributed by atoms with E-state index in [-0.39, 0.29) is 17.4 Å². The van der Waals surface area contributed by atoms with Gasteiger partial charge in [-0.25, -0.2) is 0 Å². The average Bonchev–Trinajstić information content (AvgIpc) is 2.72. The monoisotopic (exact) mass is 381 g/mol. The number of carbonyl (C=O) groups is 1. The highest BCUT2D eigenvalue weighted by Gasteiger charge is 2.36. The van der Waals surface area contributed by atoms with Crippen LogP contribution in [-0.2, 0) is 22.6 Å². The highest BCUT2D eigenvalue weighted by atomic mass is 16.5. The second-order valence-corrected chi connectivity index (χ2v) is 7.77. The Balaban J connectivity index is 1.50. The number of likely N-dealkylation sites (tertiary alicyclic amines) is 1. The van der Waals surface area contributed by atoms with Crippen LogP contribution in [0.1, 0.15) is 30.0 Å². The topological polar surface area (TPSA) is 63.6 Å². The van der Waals surface area contributed by atoms with Crippen LogP contribution in [-0.4, -0.2) is 42.2 Å². The highest BCUT2D eigenvalue weighted by Crippen LogP contribution is 2.35. The molecule has 1 fully saturated rings. The van der Waals surface area contributed by atoms with Crippen molar-refractivity contribution in [3.63, 3.8) is 0 Å². The fourth-order valence-corrected chi connectivity index (χ4v) is 4.42. The van der Waals surface area contributed by atoms with Crippen LogP contribution in [0.2, 0.25) is 0 Å². The number of benzene rings is 1. The van der Waals surface area contributed by atoms with E-state index in [1.54, 1.807) is 7.11 Å². The minimum absolute atomic E-state index is 0.0438. The highest BCUT2D eigenvalue weighted by molar-refractivity contribution is 5.76. The molecule has 2 atom stereocenters. The average molecular weight is 381 g/mol. The normalized spacial score (nSPS) is 20.5. The number of nitrogens with one attached hydrogen (secondary N) is 1. The molecule has 148 valence electrons. The number of amides is 1. The number of carbonyl (C=O) groups excluding carboxylic acids is 1. The first-order valence-corrected chi connectivity index (χ1v) is 9.94. The predicted octanol–water partition coefficient (Wildman–Crippen LogP) is 2.44. The van der Waals surface area contributed by atoms with Crippen molar-refractivity contribution in [3.8, 4) is 0 Å². The molecular weight excluding hydrogens is 354 g/mol. The lowest BCUT2D eigenvalue weighted by Crippen LogP contribution is -2.49. The van der Waals surface area contributed by atoms with Crippen LogP contribution in [0.3, 0.4) is 0 Å². The van der Waals surface area contributed by atoms with E-state index in [0.717, 1.165) is 24.2 Å². The predicted molar refractivity (Wildman–Crippen MR) is 108 cm³/mol. The quantitative estimate of drug-likeness (QED) is 0.835. The lowest BCUT2D eigenvalue weighted by atomic mass is 9.83. The van der Waals surface area contributed by atoms with Crippen LogP contribution in [0.4, 0.5) is 5.69 Å². The molecule has 1 amide bonds. The summed E-state index contributed by atoms with van der Waals surface area (Å²) in [5, 5.41) is 3.28. The number of pyridine rings is 1. The molecule has 0 radical (unpaired) electrons. The zero-order valence-electron chi connectivity index (χ0n) is 16.3. The summed E-state index contributed by atoms with van der Waals surface area (Å²) in [6.07, 6.45) is 1.47. The molecule has 1 aromatic heterocycles. The Morgan fingerprint density at radius 1 is 1.14 bits per heavy atom. The van der Waals surface area contributed by atoms with Crippen molar-refractivity contribution < 1.29 is 9.53 Å². The lowest BCUT2D eigenvalue weighted by Gasteiger charge is -2.43. The van der Waals surface area contributed by atoms with E-state index in [4.69, 9.17) is 4.74 Å². The van der Waals surface area contributed by atoms with E-state index in [1.165, 1.54) is 0 Å². The molecule has 1 aromatic carbocycles. The first kappa shape index (κ1) is 18.7. The fraction of sp³-hybridized carbons (Fsp3) is 0.455. The van der Waals surface area contributed by atoms with Crippen molar-refractivity contribution in [1.29, 1.82) is 0 Å². The molecule has 2 bridgehead atoms. The largest absolute Gasteiger partial charge is 0.384 e. The maximum absolute atomic E-state index is 13.0. The van der Waals surface area contributed by atoms with Crippen molar-refractivity contribution >= 4 is 11.6 Å². The van der Waals surface area contributed by atoms with E-state index < -0.39 is 0 Å². The Hall–Kier alpha value is -2.60. The fourth-order valence-electron chi connectivity index (χ4n) is 4.42. The summed E-state index contributed by atoms with van der Waals surface area (Å²) in [5.41, 5.74) is 2.88. The van der Waals surface area contributed by atoms with Crippen LogP contribution in [0.5, 0.6) is 0 Å². The molecule has 0 aliphatic carbocycles. The molecule has 2 aliphatic rings. The van der Waals surface area contributed by atoms with Gasteiger partial charge in [0.05, 0.1) is 13.0 Å². The molecule has 6 nitrogen and oxygen atoms in total. The molecule has 0 spiro atoms. The number of aromatic nitrogens is 1. The van der Waals surface area contributed by atoms with Crippen LogP contribution in [0, 0.1) is 5.92 Å². The first-order valence-electron chi connectivity index (χ1n) is 9.94. The van der Waals surface area contributed by atoms with Gasteiger partial charge in [-0.15, -0.1) is 0 Å². The Labute approximate surface area is 165 Å². The second-order valence-electron chi connectivity index (χ2n) is 7.77. The summed E-state index contributed by atoms with van der Waals surface area (Å²) in [6.45, 7) is 3.18. The third kappa shape index (κ3) is 3.83. The minimum Gasteiger partial charge on any atom is -0.384 e. The number of hydrogen-bond donors (Lipinski definition) is 1. The number of hydrogen-bond acceptors (Lipinski definition) is 4. The van der Waals surface area contributed by atoms with Crippen molar-refractivity contribution in [1.82, 2.24) is 9.47 Å². The van der Waals surface area contributed by atoms with Crippen molar-refractivity contribution in [3.05, 3.63) is 64.1 Å². The zero-order valence-corrected chi connectivity index (χ0v) is 16.3. The summed E-state index contributed by atoms with van der Waals surface area (Å²) >= 11 is 0. The molecule has 0 unspecified atom stereocenters. The van der Waals surface area contributed by atoms with Crippen LogP contribution in [0.15, 0.2) is 47.3 Å². The molecule has 2 aliphatic heterocycles. The standard InChI is InChI=1S/C22H27N3O3/c1-28-10-9-21(26)24-13-17-11-18(15-24)20-8-7-19(22(27)25(20)14-17)23-12-16-5-3-2-4-6-16/h2-8,17-18,23H,9-15H2,1H3/t17-,18-/m1/s1. The third-order valence-electron chi connectivity index (χ3n) is 5.80. The Morgan fingerprint density at radius 2 is 1.96 bits per heavy atom. The molecule has 0 saturated carbocycles. The maximum atomic E-state index is 13.0. The summed E-state index contributed by atoms with van der Waals surface area (Å²) in [6, 6.07) is 14.0. The number of ether oxygens (including phenoxy) is 1. The molecule has 6 heteroatoms. The molecule has 2 aromatic rings. The smallest absolute Gasteiger partial charge is 0.274 e. The minimum atomic E-state index is 0.0438. The van der Waals surface area contributed by atoms with Gasteiger partial charge in [0.1, 0.15) is 5.69 Å². The molecule has 3 heterocycles. The summed E-state index contributed by atoms with van der Waals surface area (Å²) in [4.78, 5) is 27.4. The Kier molecular flexibility index (Phi) is 5.48. The number of anilines is 1. The van der Waals surface area contributed by atoms with Gasteiger partial charge in [0.2, 0.25) is 5.91 Å². The number of nitrogens with zero attached hydrogens (tertiary/aromatic N) is 2. The second kappa shape index (κ2) is 8.19. The van der Waals surface area contributed by atoms with Gasteiger partial charge in [0, 0.05) is 44.9 Å². The van der Waals surface area contributed by atoms with Gasteiger partial charge in [-0.2, -0.15) is 0 Å². The maximum Gasteiger partial charge on any atom is 0.274 e. The summed E-state index contributed by atoms with van der Waals surface area (Å²) in [7, 11) is 1.62. The third-order valence-corrected chi connectivity index (χ3v) is 5.80. The number of rotatable bonds is 6. The molecular formula is C22H27N3O3. The first-order chi connectivity index (χ1) is 13.7. The van der Waals surface area contributed by atoms with Gasteiger partial charge in [-0.1, -0.05) is 30.3 Å². The molecule has 28 heavy (non-hydrogen) atoms. The summed E-state index contributed by atoms with van der Waals surface area (Å²) < 4.78 is 6.96. The van der Waals surface area contributed by atoms with Crippen molar-refractivity contribution in [2.75, 3.05) is 32.1 Å². The number of piperidine rings is 1. The van der Waals surface area contributed by atoms with Crippen molar-refractivity contribution in [2.45, 2.75) is 31.8 Å². The zero-order chi connectivity index (χ0) is 19.5. The lowest BCUT2D eigenvalue weighted by molar-refractivity contribution is -0.134. The van der Waals surface area contributed by atoms with Crippen LogP contribution < -0.4 is 10.9 Å². The van der Waals surface area contributed by atoms with Gasteiger partial charge in [-0.05, 0) is 30.0 Å². The molecule has 4 rings (SSSR count). The van der Waals surface area contributed by atoms with E-state index in [2.05, 4.69) is 11.4 Å². The van der Waals surface area contributed by atoms with Gasteiger partial charge in [0.25, 0.3) is 5.56 Å². The van der Waals surface area contributed by atoms with E-state index in [0.29, 0.717) is 44.3 Å². The Morgan fingerprint density at radius 3 is 2.75 bits per heavy atom. The number of fused-ring (bicyclic) bond motifs is 4. The SMILES string of the molecule is COCCC(=O)N1C[C@H]2C[C@H](C1)c1ccc(NCc3ccccc3)c(=O)n1C2. The van der Waals surface area contributed by atoms with Gasteiger partial charge >= 0.3 is 0 Å². The van der Waals surface area contributed by atoms with Gasteiger partial charge < -0.3 is 19.5 Å². The van der Waals surface area contributed by atoms with E-state index >= 15 is 0 Å². The van der Waals surface area contributed by atoms with Gasteiger partial charge in [0.15, 0.2) is 0 Å². The molecule has 1 N–H and O–H groups in total. The van der Waals surface area contributed by atoms with Crippen molar-refractivity contribution in [2.24, 2.45) is 5.92 Å². The summed E-state index contributed by atoms with van der Waals surface area (Å²) in [5.74, 6) is 0.711. The van der Waals surface area contributed by atoms with Crippen LogP contribution in [0.25, 0.3) is 0 Å². The Bertz CT molecular complexity index is 894. The van der Waals surface area contributed by atoms with E-state index in [9.17, 15) is 9.59 Å². The van der Waals surface area contributed by atoms with E-state index in [1.807, 2.05) is 45.9 Å². The number of methoxy groups -OCH3 is 1. The van der Waals surface area contributed by atoms with Gasteiger partial charge in [-0.3, -0.25) is 9.59 Å².